The van der Waals surface area contributed by atoms with Crippen LogP contribution in [0.15, 0.2) is 36.0 Å². The number of aromatic nitrogens is 4. The summed E-state index contributed by atoms with van der Waals surface area (Å²) in [6, 6.07) is 8.18. The maximum atomic E-state index is 10.0. The van der Waals surface area contributed by atoms with Gasteiger partial charge in [0.25, 0.3) is 0 Å². The summed E-state index contributed by atoms with van der Waals surface area (Å²) in [6.07, 6.45) is 0.137. The number of aliphatic hydroxyl groups excluding tert-OH is 2. The molecular formula is C18H17N5O3S2. The van der Waals surface area contributed by atoms with Gasteiger partial charge in [-0.25, -0.2) is 9.97 Å². The second-order valence-corrected chi connectivity index (χ2v) is 8.54. The highest BCUT2D eigenvalue weighted by atomic mass is 32.1. The lowest BCUT2D eigenvalue weighted by Gasteiger charge is -2.13. The molecule has 0 bridgehead atoms. The molecule has 0 aromatic carbocycles. The van der Waals surface area contributed by atoms with E-state index in [4.69, 9.17) is 10.5 Å². The number of ether oxygens (including phenoxy) is 1. The van der Waals surface area contributed by atoms with E-state index in [9.17, 15) is 10.2 Å². The number of aliphatic hydroxyl groups is 2. The van der Waals surface area contributed by atoms with Gasteiger partial charge in [0.05, 0.1) is 23.9 Å². The molecule has 4 N–H and O–H groups in total. The molecule has 8 nitrogen and oxygen atoms in total. The van der Waals surface area contributed by atoms with E-state index in [1.807, 2.05) is 17.5 Å². The lowest BCUT2D eigenvalue weighted by Crippen LogP contribution is -2.24. The van der Waals surface area contributed by atoms with Crippen molar-refractivity contribution in [1.29, 1.82) is 0 Å². The normalized spacial score (nSPS) is 22.3. The second-order valence-electron chi connectivity index (χ2n) is 6.51. The van der Waals surface area contributed by atoms with Gasteiger partial charge in [-0.1, -0.05) is 6.07 Å². The molecule has 5 heterocycles. The quantitative estimate of drug-likeness (QED) is 0.468. The Bertz CT molecular complexity index is 1120. The van der Waals surface area contributed by atoms with Crippen molar-refractivity contribution in [2.45, 2.75) is 24.9 Å². The molecule has 4 aromatic rings. The molecule has 144 valence electrons. The van der Waals surface area contributed by atoms with Gasteiger partial charge in [-0.2, -0.15) is 4.98 Å². The number of nitrogen functional groups attached to an aromatic ring is 1. The Labute approximate surface area is 167 Å². The molecule has 0 aliphatic carbocycles. The lowest BCUT2D eigenvalue weighted by molar-refractivity contribution is -0.0432. The minimum atomic E-state index is -0.739. The molecule has 0 radical (unpaired) electrons. The Kier molecular flexibility index (Phi) is 4.37. The number of nitrogens with zero attached hydrogens (tertiary/aromatic N) is 4. The molecule has 1 unspecified atom stereocenters. The summed E-state index contributed by atoms with van der Waals surface area (Å²) in [5.74, 6) is 0.146. The number of imidazole rings is 1. The topological polar surface area (TPSA) is 119 Å². The molecule has 0 amide bonds. The van der Waals surface area contributed by atoms with Crippen LogP contribution in [-0.2, 0) is 4.74 Å². The minimum Gasteiger partial charge on any atom is -0.394 e. The third kappa shape index (κ3) is 2.90. The van der Waals surface area contributed by atoms with Crippen LogP contribution in [0.3, 0.4) is 0 Å². The van der Waals surface area contributed by atoms with Crippen LogP contribution in [0.5, 0.6) is 0 Å². The fourth-order valence-electron chi connectivity index (χ4n) is 3.38. The summed E-state index contributed by atoms with van der Waals surface area (Å²) in [5.41, 5.74) is 7.83. The third-order valence-corrected chi connectivity index (χ3v) is 6.89. The van der Waals surface area contributed by atoms with Crippen LogP contribution in [0.2, 0.25) is 0 Å². The van der Waals surface area contributed by atoms with Crippen LogP contribution in [-0.4, -0.2) is 48.5 Å². The minimum absolute atomic E-state index is 0.146. The number of thiophene rings is 2. The molecule has 28 heavy (non-hydrogen) atoms. The van der Waals surface area contributed by atoms with Gasteiger partial charge < -0.3 is 20.7 Å². The maximum Gasteiger partial charge on any atom is 0.222 e. The molecule has 1 fully saturated rings. The average molecular weight is 416 g/mol. The van der Waals surface area contributed by atoms with E-state index in [1.165, 1.54) is 4.88 Å². The summed E-state index contributed by atoms with van der Waals surface area (Å²) < 4.78 is 7.48. The maximum absolute atomic E-state index is 10.0. The number of hydrogen-bond donors (Lipinski definition) is 3. The molecule has 1 aliphatic rings. The lowest BCUT2D eigenvalue weighted by atomic mass is 10.2. The summed E-state index contributed by atoms with van der Waals surface area (Å²) in [5, 5.41) is 21.4. The Morgan fingerprint density at radius 2 is 2.07 bits per heavy atom. The number of anilines is 1. The van der Waals surface area contributed by atoms with Gasteiger partial charge in [0.2, 0.25) is 5.95 Å². The molecule has 0 saturated carbocycles. The second kappa shape index (κ2) is 6.90. The van der Waals surface area contributed by atoms with Gasteiger partial charge in [-0.15, -0.1) is 22.7 Å². The first kappa shape index (κ1) is 17.7. The first-order chi connectivity index (χ1) is 13.6. The van der Waals surface area contributed by atoms with Gasteiger partial charge in [0, 0.05) is 16.2 Å². The van der Waals surface area contributed by atoms with Crippen LogP contribution in [0.25, 0.3) is 31.5 Å². The Morgan fingerprint density at radius 1 is 1.21 bits per heavy atom. The highest BCUT2D eigenvalue weighted by Crippen LogP contribution is 2.39. The van der Waals surface area contributed by atoms with Crippen molar-refractivity contribution in [3.05, 3.63) is 36.0 Å². The van der Waals surface area contributed by atoms with Crippen LogP contribution < -0.4 is 5.73 Å². The van der Waals surface area contributed by atoms with E-state index in [0.717, 1.165) is 9.75 Å². The smallest absolute Gasteiger partial charge is 0.222 e. The van der Waals surface area contributed by atoms with Crippen molar-refractivity contribution in [2.24, 2.45) is 0 Å². The van der Waals surface area contributed by atoms with Gasteiger partial charge in [0.1, 0.15) is 23.5 Å². The first-order valence-corrected chi connectivity index (χ1v) is 10.4. The van der Waals surface area contributed by atoms with E-state index in [0.29, 0.717) is 23.3 Å². The monoisotopic (exact) mass is 415 g/mol. The van der Waals surface area contributed by atoms with E-state index < -0.39 is 18.4 Å². The van der Waals surface area contributed by atoms with Crippen molar-refractivity contribution in [1.82, 2.24) is 19.5 Å². The largest absolute Gasteiger partial charge is 0.394 e. The van der Waals surface area contributed by atoms with Crippen molar-refractivity contribution < 1.29 is 14.9 Å². The highest BCUT2D eigenvalue weighted by molar-refractivity contribution is 7.23. The van der Waals surface area contributed by atoms with Crippen LogP contribution in [0.4, 0.5) is 5.95 Å². The SMILES string of the molecule is Nc1nc(-c2ccc(-c3cccs3)s2)c2ncn([C@H]3CC(O)[C@@H](CO)O3)c2n1. The molecular weight excluding hydrogens is 398 g/mol. The average Bonchev–Trinajstić information content (AvgIpc) is 3.46. The van der Waals surface area contributed by atoms with Crippen LogP contribution >= 0.6 is 22.7 Å². The molecule has 3 atom stereocenters. The summed E-state index contributed by atoms with van der Waals surface area (Å²) in [6.45, 7) is -0.243. The predicted molar refractivity (Wildman–Crippen MR) is 108 cm³/mol. The number of hydrogen-bond acceptors (Lipinski definition) is 9. The molecule has 0 spiro atoms. The Balaban J connectivity index is 1.57. The van der Waals surface area contributed by atoms with Crippen molar-refractivity contribution in [3.63, 3.8) is 0 Å². The van der Waals surface area contributed by atoms with Gasteiger partial charge in [0.15, 0.2) is 5.65 Å². The zero-order valence-corrected chi connectivity index (χ0v) is 16.2. The summed E-state index contributed by atoms with van der Waals surface area (Å²) >= 11 is 3.31. The van der Waals surface area contributed by atoms with Crippen LogP contribution in [0.1, 0.15) is 12.6 Å². The van der Waals surface area contributed by atoms with E-state index in [1.54, 1.807) is 33.6 Å². The Hall–Kier alpha value is -2.37. The highest BCUT2D eigenvalue weighted by Gasteiger charge is 2.35. The molecule has 10 heteroatoms. The number of nitrogens with two attached hydrogens (primary N) is 1. The van der Waals surface area contributed by atoms with E-state index in [2.05, 4.69) is 27.1 Å². The summed E-state index contributed by atoms with van der Waals surface area (Å²) in [4.78, 5) is 16.6. The molecule has 1 aliphatic heterocycles. The van der Waals surface area contributed by atoms with Gasteiger partial charge in [-0.05, 0) is 23.6 Å². The molecule has 5 rings (SSSR count). The fourth-order valence-corrected chi connectivity index (χ4v) is 5.21. The summed E-state index contributed by atoms with van der Waals surface area (Å²) in [7, 11) is 0. The molecule has 1 saturated heterocycles. The standard InChI is InChI=1S/C18H17N5O3S2/c19-18-21-15(13-4-3-12(28-13)11-2-1-5-27-11)16-17(22-18)23(8-20-16)14-6-9(25)10(7-24)26-14/h1-5,8-10,14,24-25H,6-7H2,(H2,19,21,22)/t9?,10-,14-/m1/s1. The van der Waals surface area contributed by atoms with Gasteiger partial charge >= 0.3 is 0 Å². The van der Waals surface area contributed by atoms with Crippen molar-refractivity contribution in [3.8, 4) is 20.3 Å². The molecule has 4 aromatic heterocycles. The predicted octanol–water partition coefficient (Wildman–Crippen LogP) is 2.51. The Morgan fingerprint density at radius 3 is 2.82 bits per heavy atom. The zero-order valence-electron chi connectivity index (χ0n) is 14.6. The van der Waals surface area contributed by atoms with Crippen molar-refractivity contribution in [2.75, 3.05) is 12.3 Å². The number of fused-ring (bicyclic) bond motifs is 1. The van der Waals surface area contributed by atoms with E-state index in [-0.39, 0.29) is 12.6 Å². The van der Waals surface area contributed by atoms with Crippen LogP contribution in [0, 0.1) is 0 Å². The first-order valence-electron chi connectivity index (χ1n) is 8.72. The number of rotatable bonds is 4. The van der Waals surface area contributed by atoms with E-state index >= 15 is 0 Å². The fraction of sp³-hybridized carbons (Fsp3) is 0.278. The third-order valence-electron chi connectivity index (χ3n) is 4.74. The van der Waals surface area contributed by atoms with Gasteiger partial charge in [-0.3, -0.25) is 4.57 Å². The van der Waals surface area contributed by atoms with Crippen molar-refractivity contribution >= 4 is 39.8 Å². The zero-order chi connectivity index (χ0) is 19.3.